The molecule has 6 heteroatoms. The van der Waals surface area contributed by atoms with Gasteiger partial charge in [-0.1, -0.05) is 113 Å². The van der Waals surface area contributed by atoms with Gasteiger partial charge in [0.25, 0.3) is 0 Å². The Morgan fingerprint density at radius 3 is 2.18 bits per heavy atom. The van der Waals surface area contributed by atoms with Crippen LogP contribution in [0, 0.1) is 19.1 Å². The summed E-state index contributed by atoms with van der Waals surface area (Å²) in [7, 11) is -1.24. The van der Waals surface area contributed by atoms with Crippen LogP contribution in [0.4, 0.5) is 0 Å². The summed E-state index contributed by atoms with van der Waals surface area (Å²) in [5, 5.41) is 3.58. The molecule has 3 aromatic heterocycles. The maximum absolute atomic E-state index is 6.30. The summed E-state index contributed by atoms with van der Waals surface area (Å²) >= 11 is 0. The number of imidazole rings is 1. The second kappa shape index (κ2) is 14.0. The Bertz CT molecular complexity index is 2390. The number of aryl methyl sites for hydroxylation is 1. The first kappa shape index (κ1) is 35.2. The maximum Gasteiger partial charge on any atom is 0.120 e. The van der Waals surface area contributed by atoms with Gasteiger partial charge in [-0.15, -0.1) is 53.6 Å². The van der Waals surface area contributed by atoms with Crippen LogP contribution in [0.3, 0.4) is 0 Å². The van der Waals surface area contributed by atoms with E-state index in [1.807, 2.05) is 42.6 Å². The number of nitrogens with zero attached hydrogens (tertiary/aromatic N) is 3. The Balaban J connectivity index is 0.000000204. The number of hydrogen-bond donors (Lipinski definition) is 0. The van der Waals surface area contributed by atoms with E-state index in [1.54, 1.807) is 0 Å². The Morgan fingerprint density at radius 1 is 0.760 bits per heavy atom. The van der Waals surface area contributed by atoms with Crippen LogP contribution in [-0.4, -0.2) is 22.6 Å². The molecular weight excluding hydrogens is 807 g/mol. The van der Waals surface area contributed by atoms with E-state index in [1.165, 1.54) is 16.3 Å². The van der Waals surface area contributed by atoms with Gasteiger partial charge in [0, 0.05) is 37.4 Å². The fourth-order valence-corrected chi connectivity index (χ4v) is 7.12. The smallest absolute Gasteiger partial charge is 0.120 e. The van der Waals surface area contributed by atoms with Crippen LogP contribution in [0.2, 0.25) is 19.6 Å². The molecule has 0 aliphatic rings. The SMILES string of the molecule is CC(C)(C)c1ccc(-n2c(-c3[c-]ccc4c3oc3ccccc34)nc3ccccc32)cc1.Cc1c[c-]c(-c2ccc([Si](C)(C)C)cn2)cc1.[Ir]. The summed E-state index contributed by atoms with van der Waals surface area (Å²) in [6, 6.07) is 46.4. The fourth-order valence-electron chi connectivity index (χ4n) is 6.08. The summed E-state index contributed by atoms with van der Waals surface area (Å²) in [5.74, 6) is 0.833. The van der Waals surface area contributed by atoms with Crippen molar-refractivity contribution in [2.24, 2.45) is 0 Å². The van der Waals surface area contributed by atoms with E-state index in [0.29, 0.717) is 0 Å². The summed E-state index contributed by atoms with van der Waals surface area (Å²) in [6.07, 6.45) is 2.02. The zero-order valence-corrected chi connectivity index (χ0v) is 33.0. The van der Waals surface area contributed by atoms with Crippen LogP contribution in [-0.2, 0) is 25.5 Å². The molecule has 0 unspecified atom stereocenters. The van der Waals surface area contributed by atoms with E-state index < -0.39 is 8.07 Å². The molecule has 8 aromatic rings. The third kappa shape index (κ3) is 7.02. The van der Waals surface area contributed by atoms with Crippen molar-refractivity contribution in [3.05, 3.63) is 145 Å². The molecule has 0 bridgehead atoms. The quantitative estimate of drug-likeness (QED) is 0.131. The summed E-state index contributed by atoms with van der Waals surface area (Å²) in [5.41, 5.74) is 10.4. The minimum atomic E-state index is -1.24. The number of hydrogen-bond acceptors (Lipinski definition) is 3. The average Bonchev–Trinajstić information content (AvgIpc) is 3.67. The van der Waals surface area contributed by atoms with Crippen LogP contribution < -0.4 is 5.19 Å². The van der Waals surface area contributed by atoms with Gasteiger partial charge < -0.3 is 14.0 Å². The van der Waals surface area contributed by atoms with Crippen molar-refractivity contribution in [2.75, 3.05) is 0 Å². The third-order valence-electron chi connectivity index (χ3n) is 8.99. The third-order valence-corrected chi connectivity index (χ3v) is 11.0. The van der Waals surface area contributed by atoms with Gasteiger partial charge in [-0.2, -0.15) is 0 Å². The second-order valence-electron chi connectivity index (χ2n) is 14.7. The van der Waals surface area contributed by atoms with Crippen LogP contribution in [0.25, 0.3) is 61.3 Å². The molecule has 0 fully saturated rings. The average molecular weight is 848 g/mol. The van der Waals surface area contributed by atoms with Crippen molar-refractivity contribution in [3.8, 4) is 28.3 Å². The maximum atomic E-state index is 6.30. The molecule has 4 nitrogen and oxygen atoms in total. The van der Waals surface area contributed by atoms with Crippen LogP contribution >= 0.6 is 0 Å². The number of fused-ring (bicyclic) bond motifs is 4. The summed E-state index contributed by atoms with van der Waals surface area (Å²) < 4.78 is 8.51. The van der Waals surface area contributed by atoms with E-state index in [4.69, 9.17) is 9.40 Å². The van der Waals surface area contributed by atoms with Gasteiger partial charge in [-0.3, -0.25) is 4.98 Å². The Morgan fingerprint density at radius 2 is 1.50 bits per heavy atom. The molecule has 253 valence electrons. The van der Waals surface area contributed by atoms with Gasteiger partial charge in [-0.05, 0) is 52.2 Å². The van der Waals surface area contributed by atoms with Gasteiger partial charge in [0.2, 0.25) is 0 Å². The van der Waals surface area contributed by atoms with Crippen molar-refractivity contribution in [3.63, 3.8) is 0 Å². The van der Waals surface area contributed by atoms with Gasteiger partial charge in [-0.25, -0.2) is 0 Å². The molecule has 0 saturated heterocycles. The van der Waals surface area contributed by atoms with E-state index in [0.717, 1.165) is 61.3 Å². The number of aromatic nitrogens is 3. The van der Waals surface area contributed by atoms with Gasteiger partial charge in [0.1, 0.15) is 5.58 Å². The van der Waals surface area contributed by atoms with Crippen molar-refractivity contribution >= 4 is 46.2 Å². The molecule has 5 aromatic carbocycles. The Hall–Kier alpha value is -4.61. The van der Waals surface area contributed by atoms with Crippen LogP contribution in [0.5, 0.6) is 0 Å². The van der Waals surface area contributed by atoms with Crippen LogP contribution in [0.1, 0.15) is 31.9 Å². The largest absolute Gasteiger partial charge is 0.501 e. The molecule has 0 amide bonds. The van der Waals surface area contributed by atoms with Crippen LogP contribution in [0.15, 0.2) is 126 Å². The molecule has 1 radical (unpaired) electrons. The minimum absolute atomic E-state index is 0. The number of rotatable bonds is 4. The monoisotopic (exact) mass is 848 g/mol. The van der Waals surface area contributed by atoms with Gasteiger partial charge in [0.15, 0.2) is 0 Å². The van der Waals surface area contributed by atoms with E-state index >= 15 is 0 Å². The van der Waals surface area contributed by atoms with Crippen molar-refractivity contribution in [2.45, 2.75) is 52.8 Å². The number of para-hydroxylation sites is 3. The first-order chi connectivity index (χ1) is 23.5. The Kier molecular flexibility index (Phi) is 9.83. The number of benzene rings is 5. The first-order valence-electron chi connectivity index (χ1n) is 16.8. The second-order valence-corrected chi connectivity index (χ2v) is 19.8. The molecule has 0 saturated carbocycles. The van der Waals surface area contributed by atoms with Crippen molar-refractivity contribution < 1.29 is 24.5 Å². The van der Waals surface area contributed by atoms with Crippen molar-refractivity contribution in [1.82, 2.24) is 14.5 Å². The number of pyridine rings is 1. The predicted octanol–water partition coefficient (Wildman–Crippen LogP) is 11.1. The van der Waals surface area contributed by atoms with Gasteiger partial charge >= 0.3 is 0 Å². The molecule has 3 heterocycles. The molecule has 0 aliphatic carbocycles. The minimum Gasteiger partial charge on any atom is -0.501 e. The van der Waals surface area contributed by atoms with E-state index in [2.05, 4.69) is 148 Å². The standard InChI is InChI=1S/C29H23N2O.C15H18NSi.Ir/c1-29(2,3)19-15-17-20(18-16-19)31-25-13-6-5-12-24(25)30-28(31)23-11-8-10-22-21-9-4-7-14-26(21)32-27(22)23;1-12-5-7-13(8-6-12)15-10-9-14(11-16-15)17(2,3)4;/h4-10,12-18H,1-3H3;5-7,9-11H,1-4H3;/q2*-1;. The molecular formula is C44H41IrN3OSi-2. The Labute approximate surface area is 309 Å². The summed E-state index contributed by atoms with van der Waals surface area (Å²) in [6.45, 7) is 15.8. The van der Waals surface area contributed by atoms with E-state index in [9.17, 15) is 0 Å². The van der Waals surface area contributed by atoms with Crippen molar-refractivity contribution in [1.29, 1.82) is 0 Å². The topological polar surface area (TPSA) is 43.9 Å². The molecule has 50 heavy (non-hydrogen) atoms. The molecule has 0 atom stereocenters. The van der Waals surface area contributed by atoms with Gasteiger partial charge in [0.05, 0.1) is 30.5 Å². The van der Waals surface area contributed by atoms with E-state index in [-0.39, 0.29) is 25.5 Å². The molecule has 0 N–H and O–H groups in total. The molecule has 8 rings (SSSR count). The fraction of sp³-hybridized carbons (Fsp3) is 0.182. The number of furan rings is 1. The summed E-state index contributed by atoms with van der Waals surface area (Å²) in [4.78, 5) is 9.57. The first-order valence-corrected chi connectivity index (χ1v) is 20.3. The molecule has 0 spiro atoms. The zero-order chi connectivity index (χ0) is 34.3. The zero-order valence-electron chi connectivity index (χ0n) is 29.6. The normalized spacial score (nSPS) is 11.7. The predicted molar refractivity (Wildman–Crippen MR) is 208 cm³/mol. The molecule has 0 aliphatic heterocycles.